The molecule has 3 rings (SSSR count). The van der Waals surface area contributed by atoms with Gasteiger partial charge in [0, 0.05) is 18.9 Å². The molecule has 0 amide bonds. The number of nitrogens with two attached hydrogens (primary N) is 1. The molecule has 2 N–H and O–H groups in total. The molecule has 9 nitrogen and oxygen atoms in total. The van der Waals surface area contributed by atoms with Gasteiger partial charge in [-0.3, -0.25) is 0 Å². The molecule has 102 valence electrons. The molecule has 0 atom stereocenters. The molecule has 0 aliphatic heterocycles. The van der Waals surface area contributed by atoms with Crippen molar-refractivity contribution in [1.29, 1.82) is 0 Å². The molecule has 0 radical (unpaired) electrons. The molecular formula is C11H13N9. The van der Waals surface area contributed by atoms with Gasteiger partial charge in [-0.1, -0.05) is 6.92 Å². The molecule has 0 unspecified atom stereocenters. The zero-order chi connectivity index (χ0) is 13.9. The normalized spacial score (nSPS) is 10.8. The van der Waals surface area contributed by atoms with Crippen LogP contribution < -0.4 is 5.73 Å². The number of nitrogens with zero attached hydrogens (tertiary/aromatic N) is 8. The minimum absolute atomic E-state index is 0.117. The molecule has 0 aromatic carbocycles. The Morgan fingerprint density at radius 3 is 2.90 bits per heavy atom. The first-order valence-corrected chi connectivity index (χ1v) is 6.16. The second kappa shape index (κ2) is 5.03. The first-order valence-electron chi connectivity index (χ1n) is 6.16. The van der Waals surface area contributed by atoms with E-state index in [9.17, 15) is 0 Å². The third kappa shape index (κ3) is 2.20. The summed E-state index contributed by atoms with van der Waals surface area (Å²) in [6, 6.07) is 0. The van der Waals surface area contributed by atoms with E-state index in [1.54, 1.807) is 6.20 Å². The number of aromatic nitrogens is 8. The monoisotopic (exact) mass is 271 g/mol. The van der Waals surface area contributed by atoms with Crippen LogP contribution in [-0.2, 0) is 6.54 Å². The van der Waals surface area contributed by atoms with Crippen molar-refractivity contribution in [3.05, 3.63) is 25.0 Å². The number of hydrogen-bond acceptors (Lipinski definition) is 7. The lowest BCUT2D eigenvalue weighted by Crippen LogP contribution is -2.10. The maximum Gasteiger partial charge on any atom is 0.257 e. The highest BCUT2D eigenvalue weighted by Gasteiger charge is 2.13. The molecule has 20 heavy (non-hydrogen) atoms. The molecule has 0 fully saturated rings. The van der Waals surface area contributed by atoms with E-state index in [0.29, 0.717) is 17.6 Å². The summed E-state index contributed by atoms with van der Waals surface area (Å²) in [5.74, 6) is 1.51. The number of nitrogen functional groups attached to an aromatic ring is 1. The molecule has 0 aliphatic carbocycles. The first-order chi connectivity index (χ1) is 9.78. The van der Waals surface area contributed by atoms with Gasteiger partial charge in [-0.05, 0) is 6.42 Å². The quantitative estimate of drug-likeness (QED) is 0.726. The van der Waals surface area contributed by atoms with Crippen LogP contribution in [0.1, 0.15) is 13.3 Å². The lowest BCUT2D eigenvalue weighted by molar-refractivity contribution is 0.680. The van der Waals surface area contributed by atoms with E-state index in [4.69, 9.17) is 5.73 Å². The van der Waals surface area contributed by atoms with Crippen molar-refractivity contribution in [2.45, 2.75) is 19.9 Å². The number of aryl methyl sites for hydroxylation is 1. The molecule has 0 bridgehead atoms. The molecule has 3 aromatic rings. The fraction of sp³-hybridized carbons (Fsp3) is 0.273. The Morgan fingerprint density at radius 2 is 2.15 bits per heavy atom. The van der Waals surface area contributed by atoms with Gasteiger partial charge >= 0.3 is 0 Å². The largest absolute Gasteiger partial charge is 0.368 e. The summed E-state index contributed by atoms with van der Waals surface area (Å²) >= 11 is 0. The summed E-state index contributed by atoms with van der Waals surface area (Å²) in [5.41, 5.74) is 5.73. The van der Waals surface area contributed by atoms with Crippen LogP contribution in [0.5, 0.6) is 0 Å². The first kappa shape index (κ1) is 12.2. The molecular weight excluding hydrogens is 258 g/mol. The number of hydrogen-bond donors (Lipinski definition) is 1. The zero-order valence-electron chi connectivity index (χ0n) is 10.9. The van der Waals surface area contributed by atoms with Gasteiger partial charge < -0.3 is 10.3 Å². The molecule has 3 heterocycles. The maximum atomic E-state index is 5.73. The van der Waals surface area contributed by atoms with Crippen molar-refractivity contribution in [3.8, 4) is 17.6 Å². The minimum Gasteiger partial charge on any atom is -0.368 e. The van der Waals surface area contributed by atoms with Gasteiger partial charge in [-0.15, -0.1) is 0 Å². The minimum atomic E-state index is 0.117. The number of rotatable bonds is 4. The molecule has 9 heteroatoms. The standard InChI is InChI=1S/C11H13N9/c1-2-4-19-5-3-14-9(19)8-16-10(12)18-11(17-8)20-7-13-6-15-20/h3,5-7H,2,4H2,1H3,(H2,12,16,17,18). The highest BCUT2D eigenvalue weighted by molar-refractivity contribution is 5.47. The highest BCUT2D eigenvalue weighted by Crippen LogP contribution is 2.15. The van der Waals surface area contributed by atoms with E-state index in [1.165, 1.54) is 17.3 Å². The average molecular weight is 271 g/mol. The summed E-state index contributed by atoms with van der Waals surface area (Å²) in [4.78, 5) is 20.7. The third-order valence-electron chi connectivity index (χ3n) is 2.64. The van der Waals surface area contributed by atoms with Crippen LogP contribution in [-0.4, -0.2) is 39.3 Å². The fourth-order valence-corrected chi connectivity index (χ4v) is 1.83. The lowest BCUT2D eigenvalue weighted by Gasteiger charge is -2.06. The predicted octanol–water partition coefficient (Wildman–Crippen LogP) is 0.308. The molecule has 0 saturated heterocycles. The van der Waals surface area contributed by atoms with Crippen molar-refractivity contribution in [2.75, 3.05) is 5.73 Å². The lowest BCUT2D eigenvalue weighted by atomic mass is 10.4. The zero-order valence-corrected chi connectivity index (χ0v) is 10.9. The molecule has 0 aliphatic rings. The third-order valence-corrected chi connectivity index (χ3v) is 2.64. The fourth-order valence-electron chi connectivity index (χ4n) is 1.83. The van der Waals surface area contributed by atoms with E-state index >= 15 is 0 Å². The average Bonchev–Trinajstić information content (AvgIpc) is 3.09. The van der Waals surface area contributed by atoms with Gasteiger partial charge in [0.1, 0.15) is 12.7 Å². The van der Waals surface area contributed by atoms with Crippen LogP contribution in [0.3, 0.4) is 0 Å². The van der Waals surface area contributed by atoms with Gasteiger partial charge in [0.15, 0.2) is 5.82 Å². The van der Waals surface area contributed by atoms with Gasteiger partial charge in [0.05, 0.1) is 0 Å². The predicted molar refractivity (Wildman–Crippen MR) is 70.7 cm³/mol. The second-order valence-corrected chi connectivity index (χ2v) is 4.10. The Labute approximate surface area is 114 Å². The Morgan fingerprint density at radius 1 is 1.25 bits per heavy atom. The van der Waals surface area contributed by atoms with E-state index in [2.05, 4.69) is 36.9 Å². The summed E-state index contributed by atoms with van der Waals surface area (Å²) in [6.45, 7) is 2.92. The smallest absolute Gasteiger partial charge is 0.257 e. The van der Waals surface area contributed by atoms with E-state index in [1.807, 2.05) is 10.8 Å². The van der Waals surface area contributed by atoms with Crippen LogP contribution >= 0.6 is 0 Å². The van der Waals surface area contributed by atoms with Gasteiger partial charge in [0.25, 0.3) is 5.95 Å². The van der Waals surface area contributed by atoms with Gasteiger partial charge in [-0.25, -0.2) is 9.97 Å². The van der Waals surface area contributed by atoms with Crippen molar-refractivity contribution in [2.24, 2.45) is 0 Å². The van der Waals surface area contributed by atoms with E-state index in [0.717, 1.165) is 13.0 Å². The van der Waals surface area contributed by atoms with Crippen LogP contribution in [0, 0.1) is 0 Å². The molecule has 0 spiro atoms. The maximum absolute atomic E-state index is 5.73. The van der Waals surface area contributed by atoms with Crippen LogP contribution in [0.25, 0.3) is 17.6 Å². The molecule has 0 saturated carbocycles. The van der Waals surface area contributed by atoms with Crippen molar-refractivity contribution < 1.29 is 0 Å². The molecule has 3 aromatic heterocycles. The Kier molecular flexibility index (Phi) is 3.07. The number of imidazole rings is 1. The Balaban J connectivity index is 2.08. The van der Waals surface area contributed by atoms with Crippen LogP contribution in [0.15, 0.2) is 25.0 Å². The summed E-state index contributed by atoms with van der Waals surface area (Å²) in [6.07, 6.45) is 7.47. The van der Waals surface area contributed by atoms with Crippen LogP contribution in [0.4, 0.5) is 5.95 Å². The highest BCUT2D eigenvalue weighted by atomic mass is 15.4. The Bertz CT molecular complexity index is 701. The van der Waals surface area contributed by atoms with Crippen molar-refractivity contribution in [3.63, 3.8) is 0 Å². The summed E-state index contributed by atoms with van der Waals surface area (Å²) in [7, 11) is 0. The topological polar surface area (TPSA) is 113 Å². The van der Waals surface area contributed by atoms with Gasteiger partial charge in [0.2, 0.25) is 11.8 Å². The van der Waals surface area contributed by atoms with Crippen molar-refractivity contribution in [1.82, 2.24) is 39.3 Å². The number of anilines is 1. The Hall–Kier alpha value is -2.84. The van der Waals surface area contributed by atoms with E-state index in [-0.39, 0.29) is 5.95 Å². The summed E-state index contributed by atoms with van der Waals surface area (Å²) in [5, 5.41) is 3.98. The van der Waals surface area contributed by atoms with E-state index < -0.39 is 0 Å². The SMILES string of the molecule is CCCn1ccnc1-c1nc(N)nc(-n2cncn2)n1. The van der Waals surface area contributed by atoms with Crippen LogP contribution in [0.2, 0.25) is 0 Å². The van der Waals surface area contributed by atoms with Gasteiger partial charge in [-0.2, -0.15) is 24.7 Å². The summed E-state index contributed by atoms with van der Waals surface area (Å²) < 4.78 is 3.40. The van der Waals surface area contributed by atoms with Crippen molar-refractivity contribution >= 4 is 5.95 Å². The second-order valence-electron chi connectivity index (χ2n) is 4.10.